The minimum atomic E-state index is 0.406. The molecule has 0 saturated heterocycles. The second-order valence-corrected chi connectivity index (χ2v) is 4.34. The van der Waals surface area contributed by atoms with E-state index >= 15 is 0 Å². The molecule has 1 N–H and O–H groups in total. The first-order chi connectivity index (χ1) is 9.83. The van der Waals surface area contributed by atoms with Gasteiger partial charge >= 0.3 is 0 Å². The van der Waals surface area contributed by atoms with Gasteiger partial charge in [0.05, 0.1) is 5.70 Å². The maximum atomic E-state index is 5.94. The highest BCUT2D eigenvalue weighted by Crippen LogP contribution is 2.29. The highest BCUT2D eigenvalue weighted by Gasteiger charge is 2.18. The molecule has 0 bridgehead atoms. The summed E-state index contributed by atoms with van der Waals surface area (Å²) in [4.78, 5) is 0. The molecule has 0 saturated carbocycles. The predicted octanol–water partition coefficient (Wildman–Crippen LogP) is 4.82. The van der Waals surface area contributed by atoms with Crippen LogP contribution in [0.25, 0.3) is 0 Å². The van der Waals surface area contributed by atoms with Gasteiger partial charge in [0.15, 0.2) is 0 Å². The summed E-state index contributed by atoms with van der Waals surface area (Å²) < 4.78 is 5.94. The van der Waals surface area contributed by atoms with Crippen LogP contribution in [0.5, 0.6) is 5.75 Å². The minimum absolute atomic E-state index is 0.406. The van der Waals surface area contributed by atoms with Gasteiger partial charge in [-0.1, -0.05) is 52.0 Å². The summed E-state index contributed by atoms with van der Waals surface area (Å²) >= 11 is 0. The molecule has 2 nitrogen and oxygen atoms in total. The van der Waals surface area contributed by atoms with Gasteiger partial charge in [0.2, 0.25) is 0 Å². The van der Waals surface area contributed by atoms with Gasteiger partial charge in [0, 0.05) is 6.04 Å². The van der Waals surface area contributed by atoms with Crippen LogP contribution < -0.4 is 10.1 Å². The summed E-state index contributed by atoms with van der Waals surface area (Å²) in [7, 11) is 0. The van der Waals surface area contributed by atoms with Crippen LogP contribution in [0.3, 0.4) is 0 Å². The predicted molar refractivity (Wildman–Crippen MR) is 86.9 cm³/mol. The molecule has 20 heavy (non-hydrogen) atoms. The number of fused-ring (bicyclic) bond motifs is 1. The van der Waals surface area contributed by atoms with Crippen molar-refractivity contribution in [2.45, 2.75) is 53.5 Å². The van der Waals surface area contributed by atoms with Crippen LogP contribution in [0.4, 0.5) is 0 Å². The van der Waals surface area contributed by atoms with E-state index < -0.39 is 0 Å². The van der Waals surface area contributed by atoms with Crippen molar-refractivity contribution in [3.63, 3.8) is 0 Å². The van der Waals surface area contributed by atoms with Crippen LogP contribution in [-0.2, 0) is 6.42 Å². The fourth-order valence-electron chi connectivity index (χ4n) is 2.21. The summed E-state index contributed by atoms with van der Waals surface area (Å²) in [5, 5.41) is 3.46. The van der Waals surface area contributed by atoms with E-state index in [9.17, 15) is 0 Å². The normalized spacial score (nSPS) is 18.8. The van der Waals surface area contributed by atoms with E-state index in [1.54, 1.807) is 0 Å². The number of hydrogen-bond donors (Lipinski definition) is 1. The number of dihydropyridines is 1. The number of benzene rings is 1. The smallest absolute Gasteiger partial charge is 0.146 e. The van der Waals surface area contributed by atoms with Crippen LogP contribution in [0.1, 0.15) is 46.6 Å². The molecular formula is C18H27NO. The van der Waals surface area contributed by atoms with E-state index in [1.807, 2.05) is 39.8 Å². The summed E-state index contributed by atoms with van der Waals surface area (Å²) in [6.45, 7) is 10.2. The molecular weight excluding hydrogens is 246 g/mol. The minimum Gasteiger partial charge on any atom is -0.455 e. The molecule has 2 heteroatoms. The molecule has 2 aliphatic heterocycles. The third kappa shape index (κ3) is 3.89. The lowest BCUT2D eigenvalue weighted by atomic mass is 10.1. The van der Waals surface area contributed by atoms with Gasteiger partial charge in [0.1, 0.15) is 11.5 Å². The first-order valence-electron chi connectivity index (χ1n) is 7.76. The van der Waals surface area contributed by atoms with Crippen molar-refractivity contribution in [2.75, 3.05) is 0 Å². The highest BCUT2D eigenvalue weighted by atomic mass is 16.5. The molecule has 2 heterocycles. The number of ether oxygens (including phenoxy) is 1. The summed E-state index contributed by atoms with van der Waals surface area (Å²) in [5.41, 5.74) is 2.52. The first-order valence-corrected chi connectivity index (χ1v) is 7.76. The molecule has 1 aromatic rings. The average Bonchev–Trinajstić information content (AvgIpc) is 2.70. The van der Waals surface area contributed by atoms with Gasteiger partial charge in [-0.25, -0.2) is 0 Å². The molecule has 3 rings (SSSR count). The average molecular weight is 273 g/mol. The molecule has 0 amide bonds. The van der Waals surface area contributed by atoms with Gasteiger partial charge in [-0.3, -0.25) is 0 Å². The quantitative estimate of drug-likeness (QED) is 0.731. The summed E-state index contributed by atoms with van der Waals surface area (Å²) in [5.74, 6) is 1.97. The lowest BCUT2D eigenvalue weighted by molar-refractivity contribution is 0.426. The van der Waals surface area contributed by atoms with E-state index in [1.165, 1.54) is 11.3 Å². The van der Waals surface area contributed by atoms with Gasteiger partial charge in [-0.05, 0) is 37.5 Å². The van der Waals surface area contributed by atoms with E-state index in [2.05, 4.69) is 36.5 Å². The number of para-hydroxylation sites is 1. The van der Waals surface area contributed by atoms with Crippen LogP contribution >= 0.6 is 0 Å². The number of hydrogen-bond acceptors (Lipinski definition) is 2. The maximum Gasteiger partial charge on any atom is 0.146 e. The zero-order chi connectivity index (χ0) is 15.0. The highest BCUT2D eigenvalue weighted by molar-refractivity contribution is 5.40. The summed E-state index contributed by atoms with van der Waals surface area (Å²) in [6.07, 6.45) is 6.29. The van der Waals surface area contributed by atoms with Gasteiger partial charge in [-0.15, -0.1) is 0 Å². The Morgan fingerprint density at radius 1 is 1.05 bits per heavy atom. The van der Waals surface area contributed by atoms with E-state index in [0.717, 1.165) is 24.4 Å². The fourth-order valence-corrected chi connectivity index (χ4v) is 2.21. The van der Waals surface area contributed by atoms with Crippen LogP contribution in [-0.4, -0.2) is 6.04 Å². The monoisotopic (exact) mass is 273 g/mol. The molecule has 1 unspecified atom stereocenters. The third-order valence-corrected chi connectivity index (χ3v) is 3.07. The zero-order valence-corrected chi connectivity index (χ0v) is 13.4. The third-order valence-electron chi connectivity index (χ3n) is 3.07. The van der Waals surface area contributed by atoms with Crippen molar-refractivity contribution in [1.29, 1.82) is 0 Å². The van der Waals surface area contributed by atoms with Crippen molar-refractivity contribution in [3.05, 3.63) is 53.4 Å². The standard InChI is InChI=1S/C14H15NO.2C2H6/c1-10-6-9-14-12(15-10)8-7-11-4-2-3-5-13(11)16-14;2*1-2/h2-6,9-10,15H,7-8H2,1H3;2*1-2H3. The molecule has 2 aliphatic rings. The topological polar surface area (TPSA) is 21.3 Å². The van der Waals surface area contributed by atoms with Crippen LogP contribution in [0.15, 0.2) is 47.9 Å². The Hall–Kier alpha value is -1.70. The summed E-state index contributed by atoms with van der Waals surface area (Å²) in [6, 6.07) is 8.67. The SMILES string of the molecule is CC.CC.CC1C=CC2=C(CCc3ccccc3O2)N1. The number of nitrogens with one attached hydrogen (secondary N) is 1. The van der Waals surface area contributed by atoms with Crippen LogP contribution in [0, 0.1) is 0 Å². The van der Waals surface area contributed by atoms with E-state index in [-0.39, 0.29) is 0 Å². The Morgan fingerprint density at radius 3 is 2.50 bits per heavy atom. The maximum absolute atomic E-state index is 5.94. The molecule has 1 atom stereocenters. The molecule has 0 radical (unpaired) electrons. The van der Waals surface area contributed by atoms with Crippen LogP contribution in [0.2, 0.25) is 0 Å². The van der Waals surface area contributed by atoms with Gasteiger partial charge in [0.25, 0.3) is 0 Å². The van der Waals surface area contributed by atoms with Crippen molar-refractivity contribution < 1.29 is 4.74 Å². The fraction of sp³-hybridized carbons (Fsp3) is 0.444. The second kappa shape index (κ2) is 8.47. The van der Waals surface area contributed by atoms with Gasteiger partial charge in [-0.2, -0.15) is 0 Å². The van der Waals surface area contributed by atoms with Crippen molar-refractivity contribution in [1.82, 2.24) is 5.32 Å². The number of aryl methyl sites for hydroxylation is 1. The number of rotatable bonds is 0. The second-order valence-electron chi connectivity index (χ2n) is 4.34. The Morgan fingerprint density at radius 2 is 1.75 bits per heavy atom. The molecule has 1 aromatic carbocycles. The number of allylic oxidation sites excluding steroid dienone is 2. The Bertz CT molecular complexity index is 474. The Balaban J connectivity index is 0.000000461. The van der Waals surface area contributed by atoms with Gasteiger partial charge < -0.3 is 10.1 Å². The molecule has 0 aromatic heterocycles. The largest absolute Gasteiger partial charge is 0.455 e. The molecule has 110 valence electrons. The Labute approximate surface area is 123 Å². The Kier molecular flexibility index (Phi) is 6.92. The van der Waals surface area contributed by atoms with Crippen molar-refractivity contribution in [2.24, 2.45) is 0 Å². The zero-order valence-electron chi connectivity index (χ0n) is 13.4. The van der Waals surface area contributed by atoms with E-state index in [4.69, 9.17) is 4.74 Å². The van der Waals surface area contributed by atoms with E-state index in [0.29, 0.717) is 6.04 Å². The first kappa shape index (κ1) is 16.4. The lowest BCUT2D eigenvalue weighted by Gasteiger charge is -2.20. The molecule has 0 aliphatic carbocycles. The van der Waals surface area contributed by atoms with Crippen molar-refractivity contribution in [3.8, 4) is 5.75 Å². The molecule has 0 spiro atoms. The lowest BCUT2D eigenvalue weighted by Crippen LogP contribution is -2.28. The molecule has 0 fully saturated rings. The van der Waals surface area contributed by atoms with Crippen molar-refractivity contribution >= 4 is 0 Å².